The molecular weight excluding hydrogens is 380 g/mol. The minimum absolute atomic E-state index is 0.178. The maximum atomic E-state index is 10.9. The fourth-order valence-electron chi connectivity index (χ4n) is 8.80. The lowest BCUT2D eigenvalue weighted by Crippen LogP contribution is -2.54. The van der Waals surface area contributed by atoms with Gasteiger partial charge in [0, 0.05) is 0 Å². The van der Waals surface area contributed by atoms with Crippen LogP contribution in [0.1, 0.15) is 112 Å². The Morgan fingerprint density at radius 3 is 2.42 bits per heavy atom. The first kappa shape index (κ1) is 23.8. The highest BCUT2D eigenvalue weighted by atomic mass is 16.3. The number of aliphatic hydroxyl groups is 2. The number of hydrogen-bond acceptors (Lipinski definition) is 2. The Bertz CT molecular complexity index is 678. The summed E-state index contributed by atoms with van der Waals surface area (Å²) in [5.41, 5.74) is 1.93. The molecule has 178 valence electrons. The van der Waals surface area contributed by atoms with Crippen LogP contribution in [0.3, 0.4) is 0 Å². The van der Waals surface area contributed by atoms with Crippen molar-refractivity contribution in [3.05, 3.63) is 11.6 Å². The van der Waals surface area contributed by atoms with Crippen LogP contribution >= 0.6 is 0 Å². The number of rotatable bonds is 6. The molecule has 4 aliphatic carbocycles. The third-order valence-corrected chi connectivity index (χ3v) is 11.1. The van der Waals surface area contributed by atoms with Gasteiger partial charge in [-0.3, -0.25) is 0 Å². The summed E-state index contributed by atoms with van der Waals surface area (Å²) in [5, 5.41) is 21.4. The van der Waals surface area contributed by atoms with E-state index >= 15 is 0 Å². The molecule has 0 aromatic heterocycles. The molecular formula is C29H50O2. The maximum Gasteiger partial charge on any atom is 0.0657 e. The van der Waals surface area contributed by atoms with E-state index in [1.54, 1.807) is 5.57 Å². The molecule has 4 rings (SSSR count). The van der Waals surface area contributed by atoms with Crippen LogP contribution < -0.4 is 0 Å². The van der Waals surface area contributed by atoms with E-state index in [-0.39, 0.29) is 6.10 Å². The number of aliphatic hydroxyl groups excluding tert-OH is 1. The van der Waals surface area contributed by atoms with Crippen LogP contribution in [-0.2, 0) is 0 Å². The summed E-state index contributed by atoms with van der Waals surface area (Å²) < 4.78 is 0. The molecule has 1 unspecified atom stereocenters. The molecule has 0 aromatic rings. The number of fused-ring (bicyclic) bond motifs is 5. The first-order valence-corrected chi connectivity index (χ1v) is 13.6. The van der Waals surface area contributed by atoms with Crippen LogP contribution in [0.15, 0.2) is 11.6 Å². The lowest BCUT2D eigenvalue weighted by Gasteiger charge is -2.61. The summed E-state index contributed by atoms with van der Waals surface area (Å²) in [4.78, 5) is 0. The first-order chi connectivity index (χ1) is 14.5. The van der Waals surface area contributed by atoms with Gasteiger partial charge in [0.2, 0.25) is 0 Å². The quantitative estimate of drug-likeness (QED) is 0.440. The molecule has 2 nitrogen and oxygen atoms in total. The highest BCUT2D eigenvalue weighted by Gasteiger charge is 2.60. The second-order valence-corrected chi connectivity index (χ2v) is 13.2. The van der Waals surface area contributed by atoms with Gasteiger partial charge in [0.05, 0.1) is 11.7 Å². The molecule has 3 saturated carbocycles. The molecule has 4 aliphatic rings. The van der Waals surface area contributed by atoms with E-state index in [2.05, 4.69) is 47.6 Å². The topological polar surface area (TPSA) is 40.5 Å². The summed E-state index contributed by atoms with van der Waals surface area (Å²) >= 11 is 0. The Hall–Kier alpha value is -0.340. The van der Waals surface area contributed by atoms with Crippen molar-refractivity contribution in [1.82, 2.24) is 0 Å². The third-order valence-electron chi connectivity index (χ3n) is 11.1. The first-order valence-electron chi connectivity index (χ1n) is 13.6. The van der Waals surface area contributed by atoms with E-state index in [0.29, 0.717) is 28.6 Å². The zero-order valence-corrected chi connectivity index (χ0v) is 21.3. The maximum absolute atomic E-state index is 10.9. The van der Waals surface area contributed by atoms with Gasteiger partial charge in [0.25, 0.3) is 0 Å². The van der Waals surface area contributed by atoms with Crippen molar-refractivity contribution in [2.24, 2.45) is 46.3 Å². The number of allylic oxidation sites excluding steroid dienone is 1. The highest BCUT2D eigenvalue weighted by molar-refractivity contribution is 5.28. The molecule has 0 bridgehead atoms. The van der Waals surface area contributed by atoms with Crippen molar-refractivity contribution in [2.75, 3.05) is 0 Å². The molecule has 0 heterocycles. The minimum Gasteiger partial charge on any atom is -0.393 e. The van der Waals surface area contributed by atoms with Gasteiger partial charge in [-0.05, 0) is 111 Å². The minimum atomic E-state index is -0.533. The van der Waals surface area contributed by atoms with Crippen molar-refractivity contribution < 1.29 is 10.2 Å². The Kier molecular flexibility index (Phi) is 6.50. The van der Waals surface area contributed by atoms with Gasteiger partial charge in [-0.1, -0.05) is 59.1 Å². The van der Waals surface area contributed by atoms with Gasteiger partial charge in [-0.2, -0.15) is 0 Å². The SMILES string of the molecule is CC[C@]12CCC[C@H]1[C@@H]1C([C@H](C)CC[C@@H](O)C(C)C)C=C3C[C@@](C)(O)CC[C@]3(C)[C@H]1CC2. The molecule has 0 amide bonds. The lowest BCUT2D eigenvalue weighted by atomic mass is 9.44. The Morgan fingerprint density at radius 1 is 1.00 bits per heavy atom. The molecule has 2 N–H and O–H groups in total. The van der Waals surface area contributed by atoms with Gasteiger partial charge < -0.3 is 10.2 Å². The molecule has 3 fully saturated rings. The standard InChI is InChI=1S/C29H50O2/c1-7-29-13-8-9-24(29)26-22(20(4)10-11-25(30)19(2)3)17-21-18-27(5,31)15-16-28(21,6)23(26)12-14-29/h17,19-20,22-26,30-31H,7-16,18H2,1-6H3/t20-,22?,23+,24+,25-,26-,27+,28+,29-/m1/s1. The summed E-state index contributed by atoms with van der Waals surface area (Å²) in [6.07, 6.45) is 16.0. The molecule has 0 saturated heterocycles. The van der Waals surface area contributed by atoms with Gasteiger partial charge in [0.15, 0.2) is 0 Å². The second kappa shape index (κ2) is 8.46. The predicted octanol–water partition coefficient (Wildman–Crippen LogP) is 7.14. The second-order valence-electron chi connectivity index (χ2n) is 13.2. The average Bonchev–Trinajstić information content (AvgIpc) is 3.16. The molecule has 0 aliphatic heterocycles. The van der Waals surface area contributed by atoms with E-state index < -0.39 is 5.60 Å². The van der Waals surface area contributed by atoms with E-state index in [1.807, 2.05) is 0 Å². The molecule has 0 spiro atoms. The van der Waals surface area contributed by atoms with E-state index in [4.69, 9.17) is 0 Å². The normalized spacial score (nSPS) is 46.7. The van der Waals surface area contributed by atoms with Crippen molar-refractivity contribution in [3.63, 3.8) is 0 Å². The van der Waals surface area contributed by atoms with Crippen molar-refractivity contribution in [1.29, 1.82) is 0 Å². The van der Waals surface area contributed by atoms with E-state index in [1.165, 1.54) is 38.5 Å². The highest BCUT2D eigenvalue weighted by Crippen LogP contribution is 2.68. The van der Waals surface area contributed by atoms with Crippen molar-refractivity contribution in [3.8, 4) is 0 Å². The average molecular weight is 431 g/mol. The van der Waals surface area contributed by atoms with Gasteiger partial charge in [-0.25, -0.2) is 0 Å². The zero-order chi connectivity index (χ0) is 22.6. The largest absolute Gasteiger partial charge is 0.393 e. The van der Waals surface area contributed by atoms with Crippen LogP contribution in [0.5, 0.6) is 0 Å². The molecule has 31 heavy (non-hydrogen) atoms. The van der Waals surface area contributed by atoms with Crippen molar-refractivity contribution in [2.45, 2.75) is 124 Å². The van der Waals surface area contributed by atoms with Crippen LogP contribution in [0, 0.1) is 46.3 Å². The van der Waals surface area contributed by atoms with E-state index in [0.717, 1.165) is 49.9 Å². The van der Waals surface area contributed by atoms with Crippen LogP contribution in [0.25, 0.3) is 0 Å². The summed E-state index contributed by atoms with van der Waals surface area (Å²) in [6.45, 7) is 13.8. The molecule has 9 atom stereocenters. The fraction of sp³-hybridized carbons (Fsp3) is 0.931. The summed E-state index contributed by atoms with van der Waals surface area (Å²) in [5.74, 6) is 4.05. The zero-order valence-electron chi connectivity index (χ0n) is 21.3. The van der Waals surface area contributed by atoms with Crippen LogP contribution in [-0.4, -0.2) is 21.9 Å². The van der Waals surface area contributed by atoms with Crippen LogP contribution in [0.4, 0.5) is 0 Å². The van der Waals surface area contributed by atoms with Crippen LogP contribution in [0.2, 0.25) is 0 Å². The van der Waals surface area contributed by atoms with Crippen molar-refractivity contribution >= 4 is 0 Å². The Balaban J connectivity index is 1.69. The molecule has 0 aromatic carbocycles. The molecule has 2 heteroatoms. The van der Waals surface area contributed by atoms with Gasteiger partial charge >= 0.3 is 0 Å². The third kappa shape index (κ3) is 4.07. The Morgan fingerprint density at radius 2 is 1.74 bits per heavy atom. The summed E-state index contributed by atoms with van der Waals surface area (Å²) in [7, 11) is 0. The number of hydrogen-bond donors (Lipinski definition) is 2. The Labute approximate surface area is 192 Å². The summed E-state index contributed by atoms with van der Waals surface area (Å²) in [6, 6.07) is 0. The fourth-order valence-corrected chi connectivity index (χ4v) is 8.80. The van der Waals surface area contributed by atoms with E-state index in [9.17, 15) is 10.2 Å². The van der Waals surface area contributed by atoms with Gasteiger partial charge in [0.1, 0.15) is 0 Å². The van der Waals surface area contributed by atoms with Gasteiger partial charge in [-0.15, -0.1) is 0 Å². The predicted molar refractivity (Wildman–Crippen MR) is 130 cm³/mol. The monoisotopic (exact) mass is 430 g/mol. The lowest BCUT2D eigenvalue weighted by molar-refractivity contribution is -0.0865. The smallest absolute Gasteiger partial charge is 0.0657 e. The molecule has 0 radical (unpaired) electrons.